The summed E-state index contributed by atoms with van der Waals surface area (Å²) in [5, 5.41) is 18.1. The first kappa shape index (κ1) is 26.4. The summed E-state index contributed by atoms with van der Waals surface area (Å²) in [6.45, 7) is 3.45. The first-order valence-electron chi connectivity index (χ1n) is 12.2. The molecule has 0 aromatic heterocycles. The number of amides is 3. The number of esters is 1. The third kappa shape index (κ3) is 6.56. The van der Waals surface area contributed by atoms with E-state index in [9.17, 15) is 24.3 Å². The number of aromatic hydroxyl groups is 1. The van der Waals surface area contributed by atoms with Crippen molar-refractivity contribution in [2.75, 3.05) is 5.32 Å². The number of ether oxygens (including phenoxy) is 1. The molecule has 0 fully saturated rings. The molecule has 1 aliphatic rings. The first-order valence-corrected chi connectivity index (χ1v) is 12.2. The molecule has 9 heteroatoms. The number of hydrogen-bond acceptors (Lipinski definition) is 6. The summed E-state index contributed by atoms with van der Waals surface area (Å²) < 4.78 is 5.55. The van der Waals surface area contributed by atoms with Gasteiger partial charge in [0.15, 0.2) is 0 Å². The zero-order chi connectivity index (χ0) is 27.2. The number of phenols is 1. The highest BCUT2D eigenvalue weighted by Gasteiger charge is 2.40. The molecular formula is C29H29N3O6. The van der Waals surface area contributed by atoms with Crippen LogP contribution in [0.5, 0.6) is 5.75 Å². The van der Waals surface area contributed by atoms with E-state index in [-0.39, 0.29) is 24.5 Å². The lowest BCUT2D eigenvalue weighted by molar-refractivity contribution is -0.156. The molecule has 0 unspecified atom stereocenters. The Kier molecular flexibility index (Phi) is 8.06. The second kappa shape index (κ2) is 11.6. The minimum Gasteiger partial charge on any atom is -0.508 e. The molecule has 4 rings (SSSR count). The number of benzene rings is 3. The predicted molar refractivity (Wildman–Crippen MR) is 140 cm³/mol. The summed E-state index contributed by atoms with van der Waals surface area (Å²) in [5.74, 6) is -2.29. The van der Waals surface area contributed by atoms with Crippen molar-refractivity contribution < 1.29 is 29.0 Å². The van der Waals surface area contributed by atoms with Gasteiger partial charge in [-0.25, -0.2) is 0 Å². The molecule has 0 spiro atoms. The molecule has 3 amide bonds. The van der Waals surface area contributed by atoms with Crippen molar-refractivity contribution in [2.45, 2.75) is 44.9 Å². The lowest BCUT2D eigenvalue weighted by Crippen LogP contribution is -2.52. The van der Waals surface area contributed by atoms with Crippen LogP contribution < -0.4 is 16.0 Å². The SMILES string of the molecule is Cc1ccc(CC(=O)O[C@H]2C(=O)Nc3ccc(O)cc3[C@@H]2NC(=O)[C@H](C)NC(=O)Cc2ccccc2)cc1. The van der Waals surface area contributed by atoms with Crippen LogP contribution in [0.3, 0.4) is 0 Å². The average Bonchev–Trinajstić information content (AvgIpc) is 2.88. The molecule has 1 aliphatic heterocycles. The van der Waals surface area contributed by atoms with Crippen molar-refractivity contribution >= 4 is 29.4 Å². The van der Waals surface area contributed by atoms with E-state index < -0.39 is 36.0 Å². The van der Waals surface area contributed by atoms with Gasteiger partial charge in [0.05, 0.1) is 12.8 Å². The van der Waals surface area contributed by atoms with Gasteiger partial charge >= 0.3 is 5.97 Å². The van der Waals surface area contributed by atoms with E-state index in [4.69, 9.17) is 4.74 Å². The molecule has 4 N–H and O–H groups in total. The molecule has 0 saturated carbocycles. The zero-order valence-electron chi connectivity index (χ0n) is 21.1. The Morgan fingerprint density at radius 3 is 2.37 bits per heavy atom. The van der Waals surface area contributed by atoms with E-state index in [1.807, 2.05) is 49.4 Å². The van der Waals surface area contributed by atoms with E-state index in [0.717, 1.165) is 11.1 Å². The molecule has 0 radical (unpaired) electrons. The fraction of sp³-hybridized carbons (Fsp3) is 0.241. The van der Waals surface area contributed by atoms with E-state index in [1.54, 1.807) is 12.1 Å². The topological polar surface area (TPSA) is 134 Å². The van der Waals surface area contributed by atoms with Gasteiger partial charge in [-0.05, 0) is 43.2 Å². The Hall–Kier alpha value is -4.66. The van der Waals surface area contributed by atoms with Gasteiger partial charge in [0, 0.05) is 11.3 Å². The maximum atomic E-state index is 13.1. The van der Waals surface area contributed by atoms with Gasteiger partial charge < -0.3 is 25.8 Å². The zero-order valence-corrected chi connectivity index (χ0v) is 21.1. The molecule has 3 aromatic rings. The van der Waals surface area contributed by atoms with Crippen molar-refractivity contribution in [3.63, 3.8) is 0 Å². The van der Waals surface area contributed by atoms with E-state index in [1.165, 1.54) is 25.1 Å². The van der Waals surface area contributed by atoms with Crippen LogP contribution in [-0.2, 0) is 36.8 Å². The number of carbonyl (C=O) groups excluding carboxylic acids is 4. The van der Waals surface area contributed by atoms with Crippen LogP contribution in [0.1, 0.15) is 35.2 Å². The fourth-order valence-corrected chi connectivity index (χ4v) is 4.19. The van der Waals surface area contributed by atoms with Gasteiger partial charge in [0.1, 0.15) is 17.8 Å². The van der Waals surface area contributed by atoms with Gasteiger partial charge in [-0.2, -0.15) is 0 Å². The van der Waals surface area contributed by atoms with Crippen molar-refractivity contribution in [1.82, 2.24) is 10.6 Å². The molecule has 3 aromatic carbocycles. The highest BCUT2D eigenvalue weighted by molar-refractivity contribution is 6.00. The third-order valence-electron chi connectivity index (χ3n) is 6.19. The molecule has 0 aliphatic carbocycles. The minimum atomic E-state index is -1.39. The molecular weight excluding hydrogens is 486 g/mol. The second-order valence-electron chi connectivity index (χ2n) is 9.27. The number of hydrogen-bond donors (Lipinski definition) is 4. The Morgan fingerprint density at radius 1 is 0.974 bits per heavy atom. The minimum absolute atomic E-state index is 0.0659. The van der Waals surface area contributed by atoms with Gasteiger partial charge in [-0.15, -0.1) is 0 Å². The summed E-state index contributed by atoms with van der Waals surface area (Å²) in [6, 6.07) is 18.7. The Balaban J connectivity index is 1.49. The second-order valence-corrected chi connectivity index (χ2v) is 9.27. The molecule has 3 atom stereocenters. The number of fused-ring (bicyclic) bond motifs is 1. The van der Waals surface area contributed by atoms with Crippen LogP contribution >= 0.6 is 0 Å². The average molecular weight is 516 g/mol. The number of nitrogens with one attached hydrogen (secondary N) is 3. The molecule has 196 valence electrons. The Morgan fingerprint density at radius 2 is 1.66 bits per heavy atom. The number of aryl methyl sites for hydroxylation is 1. The maximum Gasteiger partial charge on any atom is 0.311 e. The summed E-state index contributed by atoms with van der Waals surface area (Å²) in [6.07, 6.45) is -1.36. The van der Waals surface area contributed by atoms with Crippen molar-refractivity contribution in [3.8, 4) is 5.75 Å². The summed E-state index contributed by atoms with van der Waals surface area (Å²) in [7, 11) is 0. The number of phenolic OH excluding ortho intramolecular Hbond substituents is 1. The summed E-state index contributed by atoms with van der Waals surface area (Å²) in [4.78, 5) is 51.3. The monoisotopic (exact) mass is 515 g/mol. The molecule has 9 nitrogen and oxygen atoms in total. The lowest BCUT2D eigenvalue weighted by Gasteiger charge is -2.33. The summed E-state index contributed by atoms with van der Waals surface area (Å²) in [5.41, 5.74) is 3.29. The van der Waals surface area contributed by atoms with Crippen molar-refractivity contribution in [2.24, 2.45) is 0 Å². The largest absolute Gasteiger partial charge is 0.508 e. The number of carbonyl (C=O) groups is 4. The standard InChI is InChI=1S/C29H29N3O6/c1-17-8-10-20(11-9-17)15-25(35)38-27-26(22-16-21(33)12-13-23(22)31-29(27)37)32-28(36)18(2)30-24(34)14-19-6-4-3-5-7-19/h3-13,16,18,26-27,33H,14-15H2,1-2H3,(H,30,34)(H,31,37)(H,32,36)/t18-,26-,27+/m0/s1. The predicted octanol–water partition coefficient (Wildman–Crippen LogP) is 2.71. The molecule has 1 heterocycles. The number of rotatable bonds is 8. The van der Waals surface area contributed by atoms with Crippen LogP contribution in [0.25, 0.3) is 0 Å². The Bertz CT molecular complexity index is 1340. The number of anilines is 1. The quantitative estimate of drug-likeness (QED) is 0.269. The molecule has 38 heavy (non-hydrogen) atoms. The smallest absolute Gasteiger partial charge is 0.311 e. The van der Waals surface area contributed by atoms with Gasteiger partial charge in [-0.1, -0.05) is 60.2 Å². The normalized spacial score (nSPS) is 16.9. The van der Waals surface area contributed by atoms with E-state index in [0.29, 0.717) is 16.8 Å². The van der Waals surface area contributed by atoms with Gasteiger partial charge in [-0.3, -0.25) is 19.2 Å². The van der Waals surface area contributed by atoms with Crippen LogP contribution in [0, 0.1) is 6.92 Å². The van der Waals surface area contributed by atoms with E-state index >= 15 is 0 Å². The fourth-order valence-electron chi connectivity index (χ4n) is 4.19. The maximum absolute atomic E-state index is 13.1. The molecule has 0 saturated heterocycles. The van der Waals surface area contributed by atoms with E-state index in [2.05, 4.69) is 16.0 Å². The van der Waals surface area contributed by atoms with Crippen LogP contribution in [0.4, 0.5) is 5.69 Å². The lowest BCUT2D eigenvalue weighted by atomic mass is 9.94. The van der Waals surface area contributed by atoms with Gasteiger partial charge in [0.25, 0.3) is 5.91 Å². The van der Waals surface area contributed by atoms with Crippen LogP contribution in [0.15, 0.2) is 72.8 Å². The van der Waals surface area contributed by atoms with Crippen LogP contribution in [0.2, 0.25) is 0 Å². The van der Waals surface area contributed by atoms with Gasteiger partial charge in [0.2, 0.25) is 17.9 Å². The van der Waals surface area contributed by atoms with Crippen molar-refractivity contribution in [1.29, 1.82) is 0 Å². The third-order valence-corrected chi connectivity index (χ3v) is 6.19. The summed E-state index contributed by atoms with van der Waals surface area (Å²) >= 11 is 0. The molecule has 0 bridgehead atoms. The van der Waals surface area contributed by atoms with Crippen molar-refractivity contribution in [3.05, 3.63) is 95.1 Å². The highest BCUT2D eigenvalue weighted by atomic mass is 16.5. The highest BCUT2D eigenvalue weighted by Crippen LogP contribution is 2.35. The first-order chi connectivity index (χ1) is 18.2. The van der Waals surface area contributed by atoms with Crippen LogP contribution in [-0.4, -0.2) is 40.9 Å². The Labute approximate surface area is 220 Å².